The summed E-state index contributed by atoms with van der Waals surface area (Å²) < 4.78 is 40.4. The number of benzene rings is 1. The molecule has 7 heteroatoms. The summed E-state index contributed by atoms with van der Waals surface area (Å²) in [6.07, 6.45) is -4.83. The van der Waals surface area contributed by atoms with Gasteiger partial charge in [0.2, 0.25) is 0 Å². The minimum Gasteiger partial charge on any atom is -0.404 e. The Bertz CT molecular complexity index is 502. The van der Waals surface area contributed by atoms with Crippen LogP contribution in [0.15, 0.2) is 22.7 Å². The van der Waals surface area contributed by atoms with Gasteiger partial charge in [-0.05, 0) is 18.2 Å². The third-order valence-corrected chi connectivity index (χ3v) is 1.98. The van der Waals surface area contributed by atoms with Gasteiger partial charge in [0.25, 0.3) is 5.91 Å². The number of carbonyl (C=O) groups excluding carboxylic acids is 1. The van der Waals surface area contributed by atoms with Crippen LogP contribution in [0.4, 0.5) is 13.2 Å². The van der Waals surface area contributed by atoms with E-state index in [9.17, 15) is 18.0 Å². The summed E-state index contributed by atoms with van der Waals surface area (Å²) in [5, 5.41) is 0. The lowest BCUT2D eigenvalue weighted by Gasteiger charge is -2.10. The van der Waals surface area contributed by atoms with E-state index in [1.54, 1.807) is 0 Å². The van der Waals surface area contributed by atoms with Crippen LogP contribution in [0.3, 0.4) is 0 Å². The molecule has 0 unspecified atom stereocenters. The zero-order valence-corrected chi connectivity index (χ0v) is 9.72. The number of alkyl halides is 3. The van der Waals surface area contributed by atoms with E-state index in [1.807, 2.05) is 5.92 Å². The van der Waals surface area contributed by atoms with E-state index < -0.39 is 18.0 Å². The van der Waals surface area contributed by atoms with E-state index in [0.717, 1.165) is 6.07 Å². The van der Waals surface area contributed by atoms with Crippen molar-refractivity contribution in [3.05, 3.63) is 28.2 Å². The molecule has 0 atom stereocenters. The standard InChI is InChI=1S/C10H5BrF3NO2/c11-7-3-1-6(2-4-9(15)16)8(5-7)17-10(12,13)14/h1,3,5H,(H2,15,16). The zero-order valence-electron chi connectivity index (χ0n) is 8.14. The van der Waals surface area contributed by atoms with E-state index in [0.29, 0.717) is 4.47 Å². The van der Waals surface area contributed by atoms with Gasteiger partial charge in [0, 0.05) is 10.4 Å². The number of hydrogen-bond donors (Lipinski definition) is 1. The van der Waals surface area contributed by atoms with Crippen LogP contribution in [0.2, 0.25) is 0 Å². The van der Waals surface area contributed by atoms with Crippen LogP contribution < -0.4 is 10.5 Å². The van der Waals surface area contributed by atoms with E-state index >= 15 is 0 Å². The van der Waals surface area contributed by atoms with Gasteiger partial charge in [-0.1, -0.05) is 21.9 Å². The molecular weight excluding hydrogens is 303 g/mol. The lowest BCUT2D eigenvalue weighted by atomic mass is 10.2. The summed E-state index contributed by atoms with van der Waals surface area (Å²) in [5.74, 6) is 2.69. The van der Waals surface area contributed by atoms with E-state index in [2.05, 4.69) is 26.6 Å². The van der Waals surface area contributed by atoms with Crippen LogP contribution in [-0.2, 0) is 4.79 Å². The molecule has 1 aromatic carbocycles. The Morgan fingerprint density at radius 2 is 2.06 bits per heavy atom. The Balaban J connectivity index is 3.14. The SMILES string of the molecule is NC(=O)C#Cc1ccc(Br)cc1OC(F)(F)F. The molecule has 0 spiro atoms. The molecule has 2 N–H and O–H groups in total. The molecule has 17 heavy (non-hydrogen) atoms. The van der Waals surface area contributed by atoms with Crippen LogP contribution in [0.5, 0.6) is 5.75 Å². The van der Waals surface area contributed by atoms with Crippen molar-refractivity contribution >= 4 is 21.8 Å². The highest BCUT2D eigenvalue weighted by Gasteiger charge is 2.32. The number of nitrogens with two attached hydrogens (primary N) is 1. The molecule has 0 saturated heterocycles. The molecule has 0 heterocycles. The molecule has 1 aromatic rings. The predicted molar refractivity (Wildman–Crippen MR) is 56.9 cm³/mol. The fraction of sp³-hybridized carbons (Fsp3) is 0.100. The molecule has 0 aliphatic carbocycles. The van der Waals surface area contributed by atoms with E-state index in [4.69, 9.17) is 5.73 Å². The first kappa shape index (κ1) is 13.4. The lowest BCUT2D eigenvalue weighted by Crippen LogP contribution is -2.17. The van der Waals surface area contributed by atoms with Gasteiger partial charge in [0.1, 0.15) is 5.75 Å². The second-order valence-electron chi connectivity index (χ2n) is 2.80. The van der Waals surface area contributed by atoms with Crippen molar-refractivity contribution in [1.29, 1.82) is 0 Å². The van der Waals surface area contributed by atoms with Gasteiger partial charge in [0.05, 0.1) is 5.56 Å². The Kier molecular flexibility index (Phi) is 4.02. The second-order valence-corrected chi connectivity index (χ2v) is 3.72. The maximum atomic E-state index is 12.1. The number of halogens is 4. The third kappa shape index (κ3) is 4.78. The van der Waals surface area contributed by atoms with Gasteiger partial charge in [-0.25, -0.2) is 0 Å². The van der Waals surface area contributed by atoms with Gasteiger partial charge in [-0.2, -0.15) is 0 Å². The Morgan fingerprint density at radius 3 is 2.59 bits per heavy atom. The van der Waals surface area contributed by atoms with E-state index in [-0.39, 0.29) is 5.56 Å². The van der Waals surface area contributed by atoms with Gasteiger partial charge in [0.15, 0.2) is 0 Å². The maximum absolute atomic E-state index is 12.1. The fourth-order valence-electron chi connectivity index (χ4n) is 0.937. The summed E-state index contributed by atoms with van der Waals surface area (Å²) in [7, 11) is 0. The van der Waals surface area contributed by atoms with Crippen LogP contribution >= 0.6 is 15.9 Å². The molecule has 0 aliphatic heterocycles. The number of hydrogen-bond acceptors (Lipinski definition) is 2. The zero-order chi connectivity index (χ0) is 13.1. The number of amides is 1. The molecule has 0 bridgehead atoms. The molecule has 0 saturated carbocycles. The average molecular weight is 308 g/mol. The highest BCUT2D eigenvalue weighted by molar-refractivity contribution is 9.10. The van der Waals surface area contributed by atoms with Crippen LogP contribution in [0, 0.1) is 11.8 Å². The van der Waals surface area contributed by atoms with Gasteiger partial charge < -0.3 is 10.5 Å². The second kappa shape index (κ2) is 5.10. The molecule has 1 rings (SSSR count). The highest BCUT2D eigenvalue weighted by Crippen LogP contribution is 2.28. The van der Waals surface area contributed by atoms with E-state index in [1.165, 1.54) is 12.1 Å². The number of ether oxygens (including phenoxy) is 1. The van der Waals surface area contributed by atoms with Crippen molar-refractivity contribution in [2.24, 2.45) is 5.73 Å². The summed E-state index contributed by atoms with van der Waals surface area (Å²) in [6.45, 7) is 0. The van der Waals surface area contributed by atoms with Gasteiger partial charge >= 0.3 is 6.36 Å². The highest BCUT2D eigenvalue weighted by atomic mass is 79.9. The summed E-state index contributed by atoms with van der Waals surface area (Å²) in [5.41, 5.74) is 4.68. The maximum Gasteiger partial charge on any atom is 0.573 e. The molecule has 0 aromatic heterocycles. The molecule has 0 aliphatic rings. The Morgan fingerprint density at radius 1 is 1.41 bits per heavy atom. The lowest BCUT2D eigenvalue weighted by molar-refractivity contribution is -0.274. The molecule has 0 fully saturated rings. The largest absolute Gasteiger partial charge is 0.573 e. The van der Waals surface area contributed by atoms with Crippen LogP contribution in [0.25, 0.3) is 0 Å². The fourth-order valence-corrected chi connectivity index (χ4v) is 1.28. The molecule has 90 valence electrons. The molecule has 1 amide bonds. The first-order valence-corrected chi connectivity index (χ1v) is 4.94. The Hall–Kier alpha value is -1.68. The summed E-state index contributed by atoms with van der Waals surface area (Å²) >= 11 is 3.00. The summed E-state index contributed by atoms with van der Waals surface area (Å²) in [6, 6.07) is 3.84. The minimum atomic E-state index is -4.83. The smallest absolute Gasteiger partial charge is 0.404 e. The first-order chi connectivity index (χ1) is 7.78. The van der Waals surface area contributed by atoms with Crippen molar-refractivity contribution in [3.63, 3.8) is 0 Å². The van der Waals surface area contributed by atoms with Gasteiger partial charge in [-0.3, -0.25) is 4.79 Å². The Labute approximate surface area is 103 Å². The van der Waals surface area contributed by atoms with Crippen molar-refractivity contribution in [2.75, 3.05) is 0 Å². The number of primary amides is 1. The van der Waals surface area contributed by atoms with Crippen LogP contribution in [0.1, 0.15) is 5.56 Å². The topological polar surface area (TPSA) is 52.3 Å². The molecular formula is C10H5BrF3NO2. The summed E-state index contributed by atoms with van der Waals surface area (Å²) in [4.78, 5) is 10.4. The number of carbonyl (C=O) groups is 1. The van der Waals surface area contributed by atoms with Gasteiger partial charge in [-0.15, -0.1) is 13.2 Å². The van der Waals surface area contributed by atoms with Crippen molar-refractivity contribution in [3.8, 4) is 17.6 Å². The van der Waals surface area contributed by atoms with Crippen LogP contribution in [-0.4, -0.2) is 12.3 Å². The normalized spacial score (nSPS) is 10.4. The average Bonchev–Trinajstić information content (AvgIpc) is 2.13. The van der Waals surface area contributed by atoms with Crippen molar-refractivity contribution in [2.45, 2.75) is 6.36 Å². The van der Waals surface area contributed by atoms with Crippen molar-refractivity contribution < 1.29 is 22.7 Å². The predicted octanol–water partition coefficient (Wildman–Crippen LogP) is 2.18. The monoisotopic (exact) mass is 307 g/mol. The third-order valence-electron chi connectivity index (χ3n) is 1.49. The quantitative estimate of drug-likeness (QED) is 0.809. The van der Waals surface area contributed by atoms with Crippen molar-refractivity contribution in [1.82, 2.24) is 0 Å². The molecule has 3 nitrogen and oxygen atoms in total. The number of rotatable bonds is 1. The molecule has 0 radical (unpaired) electrons. The first-order valence-electron chi connectivity index (χ1n) is 4.15. The minimum absolute atomic E-state index is 0.0793.